The first kappa shape index (κ1) is 12.2. The molecule has 100 valence electrons. The van der Waals surface area contributed by atoms with Crippen molar-refractivity contribution in [1.29, 1.82) is 0 Å². The molecule has 0 bridgehead atoms. The van der Waals surface area contributed by atoms with Crippen LogP contribution in [0.3, 0.4) is 0 Å². The average Bonchev–Trinajstić information content (AvgIpc) is 2.54. The van der Waals surface area contributed by atoms with E-state index in [1.54, 1.807) is 24.7 Å². The van der Waals surface area contributed by atoms with E-state index in [2.05, 4.69) is 44.2 Å². The largest absolute Gasteiger partial charge is 0.252 e. The fourth-order valence-electron chi connectivity index (χ4n) is 2.16. The SMILES string of the molecule is c1cnc(Sc2cnc3cc4ccccc4cc3n2)nc1. The fraction of sp³-hybridized carbons (Fsp3) is 0. The van der Waals surface area contributed by atoms with E-state index in [-0.39, 0.29) is 0 Å². The molecular weight excluding hydrogens is 280 g/mol. The number of hydrogen-bond acceptors (Lipinski definition) is 5. The highest BCUT2D eigenvalue weighted by Crippen LogP contribution is 2.25. The summed E-state index contributed by atoms with van der Waals surface area (Å²) in [4.78, 5) is 17.5. The Balaban J connectivity index is 1.80. The van der Waals surface area contributed by atoms with Crippen molar-refractivity contribution in [1.82, 2.24) is 19.9 Å². The molecule has 0 spiro atoms. The Hall–Kier alpha value is -2.53. The second kappa shape index (κ2) is 5.10. The zero-order chi connectivity index (χ0) is 14.1. The zero-order valence-corrected chi connectivity index (χ0v) is 11.8. The molecule has 0 aliphatic rings. The molecule has 0 N–H and O–H groups in total. The first-order valence-corrected chi connectivity index (χ1v) is 7.30. The summed E-state index contributed by atoms with van der Waals surface area (Å²) in [5.74, 6) is 0. The second-order valence-corrected chi connectivity index (χ2v) is 5.52. The van der Waals surface area contributed by atoms with Crippen LogP contribution in [0.2, 0.25) is 0 Å². The van der Waals surface area contributed by atoms with E-state index in [0.29, 0.717) is 5.16 Å². The first-order valence-electron chi connectivity index (χ1n) is 6.49. The highest BCUT2D eigenvalue weighted by molar-refractivity contribution is 7.99. The lowest BCUT2D eigenvalue weighted by atomic mass is 10.1. The highest BCUT2D eigenvalue weighted by atomic mass is 32.2. The molecule has 2 heterocycles. The highest BCUT2D eigenvalue weighted by Gasteiger charge is 2.05. The molecule has 5 heteroatoms. The van der Waals surface area contributed by atoms with Gasteiger partial charge in [0.1, 0.15) is 5.03 Å². The lowest BCUT2D eigenvalue weighted by molar-refractivity contribution is 0.960. The van der Waals surface area contributed by atoms with Crippen LogP contribution in [0.15, 0.2) is 71.2 Å². The molecular formula is C16H10N4S. The summed E-state index contributed by atoms with van der Waals surface area (Å²) in [6.45, 7) is 0. The molecule has 0 atom stereocenters. The molecule has 0 aliphatic heterocycles. The summed E-state index contributed by atoms with van der Waals surface area (Å²) in [5, 5.41) is 3.81. The molecule has 0 saturated heterocycles. The molecule has 0 fully saturated rings. The molecule has 4 aromatic rings. The molecule has 2 aromatic heterocycles. The predicted octanol–water partition coefficient (Wildman–Crippen LogP) is 3.72. The van der Waals surface area contributed by atoms with E-state index in [1.807, 2.05) is 12.1 Å². The minimum absolute atomic E-state index is 0.673. The first-order chi connectivity index (χ1) is 10.4. The van der Waals surface area contributed by atoms with Gasteiger partial charge >= 0.3 is 0 Å². The maximum absolute atomic E-state index is 4.64. The normalized spacial score (nSPS) is 11.0. The van der Waals surface area contributed by atoms with E-state index in [4.69, 9.17) is 0 Å². The molecule has 0 unspecified atom stereocenters. The average molecular weight is 290 g/mol. The Morgan fingerprint density at radius 1 is 0.762 bits per heavy atom. The quantitative estimate of drug-likeness (QED) is 0.416. The topological polar surface area (TPSA) is 51.6 Å². The third-order valence-electron chi connectivity index (χ3n) is 3.13. The molecule has 4 rings (SSSR count). The number of fused-ring (bicyclic) bond motifs is 2. The Morgan fingerprint density at radius 3 is 2.24 bits per heavy atom. The van der Waals surface area contributed by atoms with Gasteiger partial charge in [0, 0.05) is 12.4 Å². The molecule has 2 aromatic carbocycles. The minimum Gasteiger partial charge on any atom is -0.252 e. The van der Waals surface area contributed by atoms with Crippen molar-refractivity contribution in [3.63, 3.8) is 0 Å². The molecule has 0 radical (unpaired) electrons. The maximum Gasteiger partial charge on any atom is 0.193 e. The second-order valence-electron chi connectivity index (χ2n) is 4.53. The van der Waals surface area contributed by atoms with E-state index < -0.39 is 0 Å². The number of benzene rings is 2. The van der Waals surface area contributed by atoms with Crippen LogP contribution in [0.1, 0.15) is 0 Å². The van der Waals surface area contributed by atoms with Gasteiger partial charge in [-0.25, -0.2) is 15.0 Å². The molecule has 0 saturated carbocycles. The van der Waals surface area contributed by atoms with Gasteiger partial charge in [-0.1, -0.05) is 24.3 Å². The van der Waals surface area contributed by atoms with E-state index in [9.17, 15) is 0 Å². The predicted molar refractivity (Wildman–Crippen MR) is 83.2 cm³/mol. The molecule has 21 heavy (non-hydrogen) atoms. The van der Waals surface area contributed by atoms with Gasteiger partial charge in [0.2, 0.25) is 0 Å². The van der Waals surface area contributed by atoms with Crippen molar-refractivity contribution in [3.8, 4) is 0 Å². The molecule has 4 nitrogen and oxygen atoms in total. The Labute approximate surface area is 125 Å². The maximum atomic E-state index is 4.64. The van der Waals surface area contributed by atoms with Crippen molar-refractivity contribution in [2.45, 2.75) is 10.2 Å². The van der Waals surface area contributed by atoms with Crippen LogP contribution in [-0.4, -0.2) is 19.9 Å². The van der Waals surface area contributed by atoms with Crippen LogP contribution in [0.4, 0.5) is 0 Å². The van der Waals surface area contributed by atoms with Crippen molar-refractivity contribution in [3.05, 3.63) is 61.1 Å². The summed E-state index contributed by atoms with van der Waals surface area (Å²) in [5.41, 5.74) is 1.78. The Morgan fingerprint density at radius 2 is 1.48 bits per heavy atom. The van der Waals surface area contributed by atoms with Gasteiger partial charge in [-0.05, 0) is 40.7 Å². The van der Waals surface area contributed by atoms with Crippen LogP contribution >= 0.6 is 11.8 Å². The van der Waals surface area contributed by atoms with Gasteiger partial charge < -0.3 is 0 Å². The van der Waals surface area contributed by atoms with Crippen LogP contribution in [0, 0.1) is 0 Å². The van der Waals surface area contributed by atoms with Gasteiger partial charge in [-0.15, -0.1) is 0 Å². The molecule has 0 amide bonds. The van der Waals surface area contributed by atoms with Crippen molar-refractivity contribution in [2.24, 2.45) is 0 Å². The van der Waals surface area contributed by atoms with Gasteiger partial charge in [-0.2, -0.15) is 0 Å². The number of nitrogens with zero attached hydrogens (tertiary/aromatic N) is 4. The van der Waals surface area contributed by atoms with Gasteiger partial charge in [-0.3, -0.25) is 4.98 Å². The van der Waals surface area contributed by atoms with Crippen LogP contribution in [0.5, 0.6) is 0 Å². The third-order valence-corrected chi connectivity index (χ3v) is 3.92. The minimum atomic E-state index is 0.673. The standard InChI is InChI=1S/C16H10N4S/c1-2-5-12-9-14-13(8-11(12)4-1)19-10-15(20-14)21-16-17-6-3-7-18-16/h1-10H. The van der Waals surface area contributed by atoms with E-state index in [0.717, 1.165) is 21.4 Å². The molecule has 0 aliphatic carbocycles. The number of hydrogen-bond donors (Lipinski definition) is 0. The van der Waals surface area contributed by atoms with Crippen molar-refractivity contribution in [2.75, 3.05) is 0 Å². The smallest absolute Gasteiger partial charge is 0.193 e. The van der Waals surface area contributed by atoms with Gasteiger partial charge in [0.25, 0.3) is 0 Å². The summed E-state index contributed by atoms with van der Waals surface area (Å²) < 4.78 is 0. The Bertz CT molecular complexity index is 925. The Kier molecular flexibility index (Phi) is 2.97. The van der Waals surface area contributed by atoms with Crippen molar-refractivity contribution >= 4 is 33.6 Å². The van der Waals surface area contributed by atoms with Crippen LogP contribution in [0.25, 0.3) is 21.8 Å². The lowest BCUT2D eigenvalue weighted by Gasteiger charge is -2.03. The lowest BCUT2D eigenvalue weighted by Crippen LogP contribution is -1.89. The number of rotatable bonds is 2. The van der Waals surface area contributed by atoms with Crippen molar-refractivity contribution < 1.29 is 0 Å². The summed E-state index contributed by atoms with van der Waals surface area (Å²) >= 11 is 1.41. The van der Waals surface area contributed by atoms with E-state index >= 15 is 0 Å². The van der Waals surface area contributed by atoms with Gasteiger partial charge in [0.05, 0.1) is 17.2 Å². The summed E-state index contributed by atoms with van der Waals surface area (Å²) in [6.07, 6.45) is 5.20. The summed E-state index contributed by atoms with van der Waals surface area (Å²) in [6, 6.07) is 14.1. The zero-order valence-electron chi connectivity index (χ0n) is 11.0. The monoisotopic (exact) mass is 290 g/mol. The van der Waals surface area contributed by atoms with Crippen LogP contribution in [-0.2, 0) is 0 Å². The van der Waals surface area contributed by atoms with Gasteiger partial charge in [0.15, 0.2) is 5.16 Å². The number of aromatic nitrogens is 4. The summed E-state index contributed by atoms with van der Waals surface area (Å²) in [7, 11) is 0. The van der Waals surface area contributed by atoms with Crippen LogP contribution < -0.4 is 0 Å². The third kappa shape index (κ3) is 2.43. The fourth-order valence-corrected chi connectivity index (χ4v) is 2.83. The van der Waals surface area contributed by atoms with E-state index in [1.165, 1.54) is 17.1 Å².